The molecule has 1 saturated carbocycles. The van der Waals surface area contributed by atoms with Crippen molar-refractivity contribution in [2.45, 2.75) is 31.7 Å². The topological polar surface area (TPSA) is 32.3 Å². The van der Waals surface area contributed by atoms with Crippen molar-refractivity contribution in [1.29, 1.82) is 0 Å². The quantitative estimate of drug-likeness (QED) is 0.827. The van der Waals surface area contributed by atoms with E-state index in [0.29, 0.717) is 5.15 Å². The predicted molar refractivity (Wildman–Crippen MR) is 71.0 cm³/mol. The van der Waals surface area contributed by atoms with E-state index in [-0.39, 0.29) is 0 Å². The predicted octanol–water partition coefficient (Wildman–Crippen LogP) is 2.26. The number of aromatic nitrogens is 2. The lowest BCUT2D eigenvalue weighted by molar-refractivity contribution is 0.187. The number of halogens is 1. The van der Waals surface area contributed by atoms with Gasteiger partial charge in [-0.2, -0.15) is 8.75 Å². The number of piperazine rings is 1. The molecule has 1 aliphatic carbocycles. The highest BCUT2D eigenvalue weighted by atomic mass is 35.5. The van der Waals surface area contributed by atoms with Crippen molar-refractivity contribution in [3.8, 4) is 0 Å². The van der Waals surface area contributed by atoms with E-state index in [1.807, 2.05) is 0 Å². The highest BCUT2D eigenvalue weighted by Gasteiger charge is 2.27. The van der Waals surface area contributed by atoms with Gasteiger partial charge in [-0.25, -0.2) is 0 Å². The Hall–Kier alpha value is -0.390. The third-order valence-electron chi connectivity index (χ3n) is 3.89. The Labute approximate surface area is 111 Å². The van der Waals surface area contributed by atoms with E-state index >= 15 is 0 Å². The van der Waals surface area contributed by atoms with Gasteiger partial charge in [-0.3, -0.25) is 4.90 Å². The fraction of sp³-hybridized carbons (Fsp3) is 0.818. The molecule has 94 valence electrons. The minimum Gasteiger partial charge on any atom is -0.351 e. The minimum atomic E-state index is 0.560. The molecule has 2 heterocycles. The molecule has 4 nitrogen and oxygen atoms in total. The van der Waals surface area contributed by atoms with Gasteiger partial charge in [-0.1, -0.05) is 24.4 Å². The molecule has 17 heavy (non-hydrogen) atoms. The lowest BCUT2D eigenvalue weighted by Crippen LogP contribution is -2.49. The highest BCUT2D eigenvalue weighted by molar-refractivity contribution is 6.99. The molecule has 1 aliphatic heterocycles. The maximum absolute atomic E-state index is 6.02. The van der Waals surface area contributed by atoms with Gasteiger partial charge in [0.15, 0.2) is 11.0 Å². The molecule has 0 N–H and O–H groups in total. The van der Waals surface area contributed by atoms with E-state index in [2.05, 4.69) is 18.5 Å². The van der Waals surface area contributed by atoms with Crippen LogP contribution in [0.25, 0.3) is 0 Å². The molecule has 0 spiro atoms. The van der Waals surface area contributed by atoms with E-state index in [0.717, 1.165) is 38.0 Å². The van der Waals surface area contributed by atoms with Crippen molar-refractivity contribution in [1.82, 2.24) is 13.6 Å². The first-order valence-electron chi connectivity index (χ1n) is 6.31. The van der Waals surface area contributed by atoms with Gasteiger partial charge in [0.05, 0.1) is 11.7 Å². The normalized spacial score (nSPS) is 23.5. The Morgan fingerprint density at radius 1 is 1.06 bits per heavy atom. The largest absolute Gasteiger partial charge is 0.351 e. The summed E-state index contributed by atoms with van der Waals surface area (Å²) >= 11 is 7.22. The molecule has 6 heteroatoms. The number of hydrogen-bond donors (Lipinski definition) is 0. The van der Waals surface area contributed by atoms with Crippen LogP contribution < -0.4 is 4.90 Å². The zero-order valence-corrected chi connectivity index (χ0v) is 11.4. The molecular weight excluding hydrogens is 256 g/mol. The third-order valence-corrected chi connectivity index (χ3v) is 4.76. The lowest BCUT2D eigenvalue weighted by Gasteiger charge is -2.38. The van der Waals surface area contributed by atoms with Gasteiger partial charge in [-0.05, 0) is 12.8 Å². The first-order valence-corrected chi connectivity index (χ1v) is 7.42. The molecule has 0 aromatic carbocycles. The second kappa shape index (κ2) is 5.08. The zero-order chi connectivity index (χ0) is 11.7. The van der Waals surface area contributed by atoms with Crippen LogP contribution in [0.1, 0.15) is 25.7 Å². The van der Waals surface area contributed by atoms with Crippen LogP contribution in [0.2, 0.25) is 5.15 Å². The van der Waals surface area contributed by atoms with Crippen molar-refractivity contribution < 1.29 is 0 Å². The van der Waals surface area contributed by atoms with Crippen LogP contribution in [0.5, 0.6) is 0 Å². The second-order valence-corrected chi connectivity index (χ2v) is 5.73. The van der Waals surface area contributed by atoms with Crippen LogP contribution in [-0.2, 0) is 0 Å². The Balaban J connectivity index is 1.58. The Morgan fingerprint density at radius 2 is 1.76 bits per heavy atom. The zero-order valence-electron chi connectivity index (χ0n) is 9.81. The maximum atomic E-state index is 6.02. The van der Waals surface area contributed by atoms with E-state index in [4.69, 9.17) is 11.6 Å². The van der Waals surface area contributed by atoms with E-state index in [1.165, 1.54) is 37.4 Å². The molecule has 0 radical (unpaired) electrons. The van der Waals surface area contributed by atoms with Crippen LogP contribution >= 0.6 is 23.3 Å². The van der Waals surface area contributed by atoms with Crippen LogP contribution in [0.15, 0.2) is 0 Å². The van der Waals surface area contributed by atoms with E-state index in [1.54, 1.807) is 0 Å². The molecule has 0 bridgehead atoms. The van der Waals surface area contributed by atoms with Crippen molar-refractivity contribution in [3.05, 3.63) is 5.15 Å². The summed E-state index contributed by atoms with van der Waals surface area (Å²) in [6.45, 7) is 4.33. The van der Waals surface area contributed by atoms with Gasteiger partial charge in [0.1, 0.15) is 0 Å². The second-order valence-electron chi connectivity index (χ2n) is 4.84. The molecule has 0 atom stereocenters. The van der Waals surface area contributed by atoms with Crippen LogP contribution in [0.4, 0.5) is 5.82 Å². The fourth-order valence-corrected chi connectivity index (χ4v) is 3.71. The van der Waals surface area contributed by atoms with Gasteiger partial charge in [-0.15, -0.1) is 0 Å². The molecule has 3 rings (SSSR count). The van der Waals surface area contributed by atoms with Crippen LogP contribution in [-0.4, -0.2) is 45.9 Å². The van der Waals surface area contributed by atoms with Gasteiger partial charge >= 0.3 is 0 Å². The lowest BCUT2D eigenvalue weighted by atomic mass is 10.2. The molecular formula is C11H17ClN4S. The van der Waals surface area contributed by atoms with Crippen molar-refractivity contribution in [2.24, 2.45) is 0 Å². The number of anilines is 1. The summed E-state index contributed by atoms with van der Waals surface area (Å²) in [5.74, 6) is 0.878. The number of hydrogen-bond acceptors (Lipinski definition) is 5. The van der Waals surface area contributed by atoms with Crippen LogP contribution in [0, 0.1) is 0 Å². The van der Waals surface area contributed by atoms with Gasteiger partial charge in [0, 0.05) is 32.2 Å². The maximum Gasteiger partial charge on any atom is 0.187 e. The smallest absolute Gasteiger partial charge is 0.187 e. The SMILES string of the molecule is Clc1nsnc1N1CCN(C2CCCC2)CC1. The van der Waals surface area contributed by atoms with Crippen molar-refractivity contribution in [3.63, 3.8) is 0 Å². The van der Waals surface area contributed by atoms with Crippen molar-refractivity contribution in [2.75, 3.05) is 31.1 Å². The highest BCUT2D eigenvalue weighted by Crippen LogP contribution is 2.27. The van der Waals surface area contributed by atoms with Gasteiger partial charge in [0.25, 0.3) is 0 Å². The minimum absolute atomic E-state index is 0.560. The summed E-state index contributed by atoms with van der Waals surface area (Å²) in [7, 11) is 0. The average molecular weight is 273 g/mol. The molecule has 1 aromatic rings. The summed E-state index contributed by atoms with van der Waals surface area (Å²) < 4.78 is 8.30. The molecule has 2 fully saturated rings. The molecule has 0 unspecified atom stereocenters. The molecule has 1 aromatic heterocycles. The number of nitrogens with zero attached hydrogens (tertiary/aromatic N) is 4. The number of rotatable bonds is 2. The van der Waals surface area contributed by atoms with E-state index < -0.39 is 0 Å². The average Bonchev–Trinajstić information content (AvgIpc) is 3.00. The van der Waals surface area contributed by atoms with Gasteiger partial charge in [0.2, 0.25) is 0 Å². The Kier molecular flexibility index (Phi) is 3.49. The Bertz CT molecular complexity index is 369. The summed E-state index contributed by atoms with van der Waals surface area (Å²) in [4.78, 5) is 4.90. The Morgan fingerprint density at radius 3 is 2.35 bits per heavy atom. The van der Waals surface area contributed by atoms with Crippen molar-refractivity contribution >= 4 is 29.1 Å². The first kappa shape index (κ1) is 11.7. The monoisotopic (exact) mass is 272 g/mol. The summed E-state index contributed by atoms with van der Waals surface area (Å²) in [6, 6.07) is 0.834. The molecule has 0 amide bonds. The molecule has 2 aliphatic rings. The summed E-state index contributed by atoms with van der Waals surface area (Å²) in [5.41, 5.74) is 0. The standard InChI is InChI=1S/C11H17ClN4S/c12-10-11(14-17-13-10)16-7-5-15(6-8-16)9-3-1-2-4-9/h9H,1-8H2. The van der Waals surface area contributed by atoms with E-state index in [9.17, 15) is 0 Å². The van der Waals surface area contributed by atoms with Crippen LogP contribution in [0.3, 0.4) is 0 Å². The summed E-state index contributed by atoms with van der Waals surface area (Å²) in [6.07, 6.45) is 5.59. The molecule has 1 saturated heterocycles. The third kappa shape index (κ3) is 2.41. The van der Waals surface area contributed by atoms with Gasteiger partial charge < -0.3 is 4.90 Å². The summed E-state index contributed by atoms with van der Waals surface area (Å²) in [5, 5.41) is 0.560. The fourth-order valence-electron chi connectivity index (χ4n) is 2.93. The first-order chi connectivity index (χ1) is 8.34.